The van der Waals surface area contributed by atoms with E-state index >= 15 is 0 Å². The van der Waals surface area contributed by atoms with Gasteiger partial charge in [0.2, 0.25) is 10.0 Å². The zero-order valence-electron chi connectivity index (χ0n) is 13.7. The van der Waals surface area contributed by atoms with E-state index in [1.54, 1.807) is 30.3 Å². The lowest BCUT2D eigenvalue weighted by Crippen LogP contribution is -2.51. The second kappa shape index (κ2) is 6.52. The predicted octanol–water partition coefficient (Wildman–Crippen LogP) is 1.32. The molecule has 0 amide bonds. The van der Waals surface area contributed by atoms with Crippen molar-refractivity contribution >= 4 is 21.8 Å². The molecule has 8 heteroatoms. The fourth-order valence-corrected chi connectivity index (χ4v) is 4.68. The SMILES string of the molecule is CC(C)C1N=C([C@@H]2CCCN2S(=O)(=O)c2ccccc2)NOC1=O. The van der Waals surface area contributed by atoms with Gasteiger partial charge in [-0.2, -0.15) is 4.31 Å². The van der Waals surface area contributed by atoms with Crippen LogP contribution in [0.5, 0.6) is 0 Å². The van der Waals surface area contributed by atoms with Gasteiger partial charge in [-0.25, -0.2) is 18.7 Å². The van der Waals surface area contributed by atoms with E-state index in [9.17, 15) is 13.2 Å². The summed E-state index contributed by atoms with van der Waals surface area (Å²) >= 11 is 0. The highest BCUT2D eigenvalue weighted by Crippen LogP contribution is 2.27. The van der Waals surface area contributed by atoms with Crippen molar-refractivity contribution in [3.63, 3.8) is 0 Å². The predicted molar refractivity (Wildman–Crippen MR) is 88.6 cm³/mol. The van der Waals surface area contributed by atoms with Gasteiger partial charge in [-0.15, -0.1) is 0 Å². The van der Waals surface area contributed by atoms with Gasteiger partial charge in [-0.3, -0.25) is 4.99 Å². The summed E-state index contributed by atoms with van der Waals surface area (Å²) in [6.07, 6.45) is 1.37. The topological polar surface area (TPSA) is 88.1 Å². The minimum Gasteiger partial charge on any atom is -0.340 e. The number of hydroxylamine groups is 1. The number of sulfonamides is 1. The Hall–Kier alpha value is -1.93. The van der Waals surface area contributed by atoms with Gasteiger partial charge in [0.25, 0.3) is 0 Å². The average molecular weight is 351 g/mol. The van der Waals surface area contributed by atoms with Gasteiger partial charge in [-0.1, -0.05) is 32.0 Å². The van der Waals surface area contributed by atoms with E-state index in [4.69, 9.17) is 4.84 Å². The lowest BCUT2D eigenvalue weighted by molar-refractivity contribution is -0.152. The van der Waals surface area contributed by atoms with E-state index < -0.39 is 28.1 Å². The summed E-state index contributed by atoms with van der Waals surface area (Å²) in [5.41, 5.74) is 2.54. The quantitative estimate of drug-likeness (QED) is 0.884. The third-order valence-electron chi connectivity index (χ3n) is 4.28. The molecule has 1 aromatic carbocycles. The number of benzene rings is 1. The van der Waals surface area contributed by atoms with E-state index in [1.807, 2.05) is 13.8 Å². The van der Waals surface area contributed by atoms with Gasteiger partial charge in [0.1, 0.15) is 0 Å². The highest BCUT2D eigenvalue weighted by Gasteiger charge is 2.41. The summed E-state index contributed by atoms with van der Waals surface area (Å²) < 4.78 is 27.2. The summed E-state index contributed by atoms with van der Waals surface area (Å²) in [6, 6.07) is 7.29. The molecule has 24 heavy (non-hydrogen) atoms. The number of aliphatic imine (C=N–C) groups is 1. The smallest absolute Gasteiger partial charge is 0.340 e. The van der Waals surface area contributed by atoms with Crippen LogP contribution in [0.4, 0.5) is 0 Å². The Balaban J connectivity index is 1.91. The summed E-state index contributed by atoms with van der Waals surface area (Å²) in [7, 11) is -3.62. The molecule has 130 valence electrons. The molecule has 2 aliphatic rings. The van der Waals surface area contributed by atoms with Crippen LogP contribution >= 0.6 is 0 Å². The molecule has 0 saturated carbocycles. The number of amidine groups is 1. The van der Waals surface area contributed by atoms with Crippen LogP contribution in [-0.2, 0) is 19.7 Å². The molecule has 1 aromatic rings. The molecular formula is C16H21N3O4S. The molecule has 1 fully saturated rings. The molecule has 3 rings (SSSR count). The second-order valence-electron chi connectivity index (χ2n) is 6.31. The molecule has 0 radical (unpaired) electrons. The third kappa shape index (κ3) is 3.03. The van der Waals surface area contributed by atoms with Crippen molar-refractivity contribution in [1.82, 2.24) is 9.79 Å². The fraction of sp³-hybridized carbons (Fsp3) is 0.500. The average Bonchev–Trinajstić information content (AvgIpc) is 3.06. The normalized spacial score (nSPS) is 25.3. The molecule has 1 saturated heterocycles. The molecule has 0 bridgehead atoms. The molecular weight excluding hydrogens is 330 g/mol. The van der Waals surface area contributed by atoms with Gasteiger partial charge in [-0.05, 0) is 30.9 Å². The van der Waals surface area contributed by atoms with Crippen molar-refractivity contribution in [2.24, 2.45) is 10.9 Å². The first-order chi connectivity index (χ1) is 11.4. The highest BCUT2D eigenvalue weighted by molar-refractivity contribution is 7.89. The van der Waals surface area contributed by atoms with E-state index in [0.29, 0.717) is 18.8 Å². The number of rotatable bonds is 4. The number of carbonyl (C=O) groups excluding carboxylic acids is 1. The molecule has 2 heterocycles. The standard InChI is InChI=1S/C16H21N3O4S/c1-11(2)14-16(20)23-18-15(17-14)13-9-6-10-19(13)24(21,22)12-7-4-3-5-8-12/h3-5,7-8,11,13-14H,6,9-10H2,1-2H3,(H,17,18)/t13-,14?/m0/s1. The maximum atomic E-state index is 12.9. The molecule has 7 nitrogen and oxygen atoms in total. The molecule has 0 aromatic heterocycles. The Morgan fingerprint density at radius 2 is 2.00 bits per heavy atom. The molecule has 1 N–H and O–H groups in total. The third-order valence-corrected chi connectivity index (χ3v) is 6.20. The molecule has 2 atom stereocenters. The molecule has 1 unspecified atom stereocenters. The van der Waals surface area contributed by atoms with E-state index in [-0.39, 0.29) is 10.8 Å². The first-order valence-corrected chi connectivity index (χ1v) is 9.46. The summed E-state index contributed by atoms with van der Waals surface area (Å²) in [4.78, 5) is 21.5. The van der Waals surface area contributed by atoms with Crippen molar-refractivity contribution in [2.45, 2.75) is 43.7 Å². The molecule has 0 aliphatic carbocycles. The van der Waals surface area contributed by atoms with Gasteiger partial charge in [0, 0.05) is 6.54 Å². The van der Waals surface area contributed by atoms with Crippen molar-refractivity contribution in [2.75, 3.05) is 6.54 Å². The zero-order valence-corrected chi connectivity index (χ0v) is 14.5. The minimum atomic E-state index is -3.62. The first kappa shape index (κ1) is 16.9. The summed E-state index contributed by atoms with van der Waals surface area (Å²) in [5, 5.41) is 0. The van der Waals surface area contributed by atoms with Crippen LogP contribution in [0.2, 0.25) is 0 Å². The minimum absolute atomic E-state index is 0.0183. The van der Waals surface area contributed by atoms with Crippen LogP contribution in [-0.4, -0.2) is 43.2 Å². The van der Waals surface area contributed by atoms with Gasteiger partial charge in [0.15, 0.2) is 11.9 Å². The largest absolute Gasteiger partial charge is 0.356 e. The van der Waals surface area contributed by atoms with Crippen LogP contribution in [0.1, 0.15) is 26.7 Å². The Morgan fingerprint density at radius 1 is 1.29 bits per heavy atom. The highest BCUT2D eigenvalue weighted by atomic mass is 32.2. The van der Waals surface area contributed by atoms with E-state index in [0.717, 1.165) is 6.42 Å². The van der Waals surface area contributed by atoms with Crippen molar-refractivity contribution in [1.29, 1.82) is 0 Å². The summed E-state index contributed by atoms with van der Waals surface area (Å²) in [5.74, 6) is -0.0512. The number of hydrogen-bond acceptors (Lipinski definition) is 6. The number of nitrogens with one attached hydrogen (secondary N) is 1. The number of nitrogens with zero attached hydrogens (tertiary/aromatic N) is 2. The monoisotopic (exact) mass is 351 g/mol. The van der Waals surface area contributed by atoms with Crippen LogP contribution in [0.15, 0.2) is 40.2 Å². The van der Waals surface area contributed by atoms with Crippen LogP contribution in [0.25, 0.3) is 0 Å². The molecule has 2 aliphatic heterocycles. The van der Waals surface area contributed by atoms with Crippen LogP contribution < -0.4 is 5.48 Å². The van der Waals surface area contributed by atoms with Crippen LogP contribution in [0, 0.1) is 5.92 Å². The van der Waals surface area contributed by atoms with Crippen molar-refractivity contribution in [3.05, 3.63) is 30.3 Å². The fourth-order valence-electron chi connectivity index (χ4n) is 3.00. The second-order valence-corrected chi connectivity index (χ2v) is 8.20. The van der Waals surface area contributed by atoms with E-state index in [1.165, 1.54) is 4.31 Å². The first-order valence-electron chi connectivity index (χ1n) is 8.02. The Morgan fingerprint density at radius 3 is 2.67 bits per heavy atom. The van der Waals surface area contributed by atoms with Crippen molar-refractivity contribution in [3.8, 4) is 0 Å². The number of carbonyl (C=O) groups is 1. The molecule has 0 spiro atoms. The maximum Gasteiger partial charge on any atom is 0.356 e. The van der Waals surface area contributed by atoms with E-state index in [2.05, 4.69) is 10.5 Å². The maximum absolute atomic E-state index is 12.9. The van der Waals surface area contributed by atoms with Crippen molar-refractivity contribution < 1.29 is 18.0 Å². The number of hydrogen-bond donors (Lipinski definition) is 1. The Labute approximate surface area is 141 Å². The Bertz CT molecular complexity index is 746. The van der Waals surface area contributed by atoms with Crippen LogP contribution in [0.3, 0.4) is 0 Å². The van der Waals surface area contributed by atoms with Gasteiger partial charge >= 0.3 is 5.97 Å². The zero-order chi connectivity index (χ0) is 17.3. The van der Waals surface area contributed by atoms with Gasteiger partial charge in [0.05, 0.1) is 10.9 Å². The van der Waals surface area contributed by atoms with Gasteiger partial charge < -0.3 is 4.84 Å². The lowest BCUT2D eigenvalue weighted by atomic mass is 10.0. The lowest BCUT2D eigenvalue weighted by Gasteiger charge is -2.29. The summed E-state index contributed by atoms with van der Waals surface area (Å²) in [6.45, 7) is 4.18. The Kier molecular flexibility index (Phi) is 4.60.